The number of oxazole rings is 1. The highest BCUT2D eigenvalue weighted by Crippen LogP contribution is 2.23. The fourth-order valence-corrected chi connectivity index (χ4v) is 3.19. The number of benzene rings is 2. The summed E-state index contributed by atoms with van der Waals surface area (Å²) < 4.78 is 32.1. The molecule has 3 aromatic rings. The molecule has 5 nitrogen and oxygen atoms in total. The van der Waals surface area contributed by atoms with E-state index in [0.29, 0.717) is 18.1 Å². The second-order valence-electron chi connectivity index (χ2n) is 6.44. The van der Waals surface area contributed by atoms with Crippen LogP contribution in [0.25, 0.3) is 11.1 Å². The normalized spacial score (nSPS) is 17.0. The van der Waals surface area contributed by atoms with Crippen LogP contribution in [0, 0.1) is 11.6 Å². The topological polar surface area (TPSA) is 52.7 Å². The molecule has 2 aromatic carbocycles. The molecule has 4 rings (SSSR count). The molecule has 1 aliphatic heterocycles. The number of hydrogen-bond acceptors (Lipinski definition) is 5. The Labute approximate surface area is 149 Å². The fourth-order valence-electron chi connectivity index (χ4n) is 3.19. The molecule has 1 fully saturated rings. The number of nitrogens with zero attached hydrogens (tertiary/aromatic N) is 3. The van der Waals surface area contributed by atoms with Crippen molar-refractivity contribution in [1.82, 2.24) is 9.88 Å². The van der Waals surface area contributed by atoms with Crippen LogP contribution in [0.2, 0.25) is 0 Å². The molecule has 0 bridgehead atoms. The molecule has 1 saturated heterocycles. The van der Waals surface area contributed by atoms with E-state index in [2.05, 4.69) is 14.8 Å². The summed E-state index contributed by atoms with van der Waals surface area (Å²) in [5.74, 6) is -1.85. The van der Waals surface area contributed by atoms with Crippen LogP contribution in [0.15, 0.2) is 46.9 Å². The Morgan fingerprint density at radius 2 is 1.81 bits per heavy atom. The fraction of sp³-hybridized carbons (Fsp3) is 0.316. The molecule has 7 heteroatoms. The molecular formula is C19H19F2N3O2. The number of piperazine rings is 1. The molecule has 136 valence electrons. The lowest BCUT2D eigenvalue weighted by atomic mass is 10.1. The summed E-state index contributed by atoms with van der Waals surface area (Å²) in [6.45, 7) is 3.25. The molecule has 1 unspecified atom stereocenters. The molecule has 1 aromatic heterocycles. The van der Waals surface area contributed by atoms with Gasteiger partial charge in [0.25, 0.3) is 6.01 Å². The predicted octanol–water partition coefficient (Wildman–Crippen LogP) is 2.96. The number of rotatable bonds is 4. The molecule has 0 spiro atoms. The van der Waals surface area contributed by atoms with Crippen LogP contribution < -0.4 is 4.90 Å². The molecule has 0 radical (unpaired) electrons. The smallest absolute Gasteiger partial charge is 0.298 e. The molecule has 26 heavy (non-hydrogen) atoms. The van der Waals surface area contributed by atoms with Gasteiger partial charge in [0.15, 0.2) is 17.2 Å². The monoisotopic (exact) mass is 359 g/mol. The third-order valence-electron chi connectivity index (χ3n) is 4.68. The van der Waals surface area contributed by atoms with Crippen LogP contribution in [-0.2, 0) is 0 Å². The van der Waals surface area contributed by atoms with Crippen LogP contribution in [0.4, 0.5) is 14.8 Å². The maximum absolute atomic E-state index is 13.3. The lowest BCUT2D eigenvalue weighted by Crippen LogP contribution is -2.47. The number of para-hydroxylation sites is 2. The first-order valence-corrected chi connectivity index (χ1v) is 8.56. The van der Waals surface area contributed by atoms with E-state index in [4.69, 9.17) is 4.42 Å². The minimum atomic E-state index is -0.942. The highest BCUT2D eigenvalue weighted by atomic mass is 19.2. The Morgan fingerprint density at radius 3 is 2.54 bits per heavy atom. The molecule has 1 aliphatic rings. The highest BCUT2D eigenvalue weighted by molar-refractivity contribution is 5.74. The van der Waals surface area contributed by atoms with Gasteiger partial charge in [0.2, 0.25) is 0 Å². The number of hydrogen-bond donors (Lipinski definition) is 1. The Bertz CT molecular complexity index is 874. The zero-order valence-electron chi connectivity index (χ0n) is 14.1. The number of aromatic nitrogens is 1. The molecule has 2 heterocycles. The van der Waals surface area contributed by atoms with E-state index in [9.17, 15) is 13.9 Å². The first kappa shape index (κ1) is 16.9. The lowest BCUT2D eigenvalue weighted by molar-refractivity contribution is 0.108. The van der Waals surface area contributed by atoms with E-state index in [1.807, 2.05) is 24.3 Å². The molecule has 1 atom stereocenters. The minimum absolute atomic E-state index is 0.368. The van der Waals surface area contributed by atoms with Crippen molar-refractivity contribution in [1.29, 1.82) is 0 Å². The SMILES string of the molecule is OC(CN1CCN(c2nc3ccccc3o2)CC1)c1ccc(F)c(F)c1. The summed E-state index contributed by atoms with van der Waals surface area (Å²) in [7, 11) is 0. The molecule has 1 N–H and O–H groups in total. The quantitative estimate of drug-likeness (QED) is 0.776. The van der Waals surface area contributed by atoms with Crippen LogP contribution in [0.1, 0.15) is 11.7 Å². The van der Waals surface area contributed by atoms with Crippen molar-refractivity contribution < 1.29 is 18.3 Å². The van der Waals surface area contributed by atoms with Gasteiger partial charge in [-0.2, -0.15) is 4.98 Å². The van der Waals surface area contributed by atoms with Crippen LogP contribution in [0.5, 0.6) is 0 Å². The van der Waals surface area contributed by atoms with Gasteiger partial charge in [0.1, 0.15) is 5.52 Å². The highest BCUT2D eigenvalue weighted by Gasteiger charge is 2.23. The van der Waals surface area contributed by atoms with Crippen molar-refractivity contribution in [2.75, 3.05) is 37.6 Å². The predicted molar refractivity (Wildman–Crippen MR) is 94.0 cm³/mol. The summed E-state index contributed by atoms with van der Waals surface area (Å²) in [4.78, 5) is 8.66. The van der Waals surface area contributed by atoms with Crippen LogP contribution >= 0.6 is 0 Å². The van der Waals surface area contributed by atoms with E-state index in [0.717, 1.165) is 49.4 Å². The maximum Gasteiger partial charge on any atom is 0.298 e. The average molecular weight is 359 g/mol. The zero-order chi connectivity index (χ0) is 18.1. The number of halogens is 2. The van der Waals surface area contributed by atoms with Gasteiger partial charge in [-0.05, 0) is 29.8 Å². The second-order valence-corrected chi connectivity index (χ2v) is 6.44. The van der Waals surface area contributed by atoms with Gasteiger partial charge in [-0.1, -0.05) is 18.2 Å². The first-order chi connectivity index (χ1) is 12.6. The van der Waals surface area contributed by atoms with Gasteiger partial charge in [-0.3, -0.25) is 4.90 Å². The lowest BCUT2D eigenvalue weighted by Gasteiger charge is -2.34. The number of anilines is 1. The van der Waals surface area contributed by atoms with E-state index >= 15 is 0 Å². The Morgan fingerprint density at radius 1 is 1.04 bits per heavy atom. The number of fused-ring (bicyclic) bond motifs is 1. The standard InChI is InChI=1S/C19H19F2N3O2/c20-14-6-5-13(11-15(14)21)17(25)12-23-7-9-24(10-8-23)19-22-16-3-1-2-4-18(16)26-19/h1-6,11,17,25H,7-10,12H2. The second kappa shape index (κ2) is 7.01. The summed E-state index contributed by atoms with van der Waals surface area (Å²) in [6, 6.07) is 11.7. The van der Waals surface area contributed by atoms with E-state index in [1.165, 1.54) is 6.07 Å². The zero-order valence-corrected chi connectivity index (χ0v) is 14.1. The first-order valence-electron chi connectivity index (χ1n) is 8.56. The van der Waals surface area contributed by atoms with Crippen molar-refractivity contribution in [3.63, 3.8) is 0 Å². The van der Waals surface area contributed by atoms with Gasteiger partial charge in [-0.25, -0.2) is 8.78 Å². The van der Waals surface area contributed by atoms with Gasteiger partial charge in [0.05, 0.1) is 6.10 Å². The average Bonchev–Trinajstić information content (AvgIpc) is 3.08. The van der Waals surface area contributed by atoms with Crippen LogP contribution in [-0.4, -0.2) is 47.7 Å². The third-order valence-corrected chi connectivity index (χ3v) is 4.68. The van der Waals surface area contributed by atoms with Crippen LogP contribution in [0.3, 0.4) is 0 Å². The van der Waals surface area contributed by atoms with Gasteiger partial charge in [-0.15, -0.1) is 0 Å². The summed E-state index contributed by atoms with van der Waals surface area (Å²) >= 11 is 0. The van der Waals surface area contributed by atoms with Crippen molar-refractivity contribution >= 4 is 17.1 Å². The summed E-state index contributed by atoms with van der Waals surface area (Å²) in [5, 5.41) is 10.3. The number of aliphatic hydroxyl groups is 1. The van der Waals surface area contributed by atoms with Crippen molar-refractivity contribution in [3.05, 3.63) is 59.7 Å². The van der Waals surface area contributed by atoms with E-state index < -0.39 is 17.7 Å². The maximum atomic E-state index is 13.3. The third kappa shape index (κ3) is 3.40. The van der Waals surface area contributed by atoms with Crippen molar-refractivity contribution in [2.24, 2.45) is 0 Å². The van der Waals surface area contributed by atoms with Crippen molar-refractivity contribution in [3.8, 4) is 0 Å². The van der Waals surface area contributed by atoms with E-state index in [-0.39, 0.29) is 0 Å². The van der Waals surface area contributed by atoms with Gasteiger partial charge < -0.3 is 14.4 Å². The Balaban J connectivity index is 1.36. The number of aliphatic hydroxyl groups excluding tert-OH is 1. The van der Waals surface area contributed by atoms with Gasteiger partial charge >= 0.3 is 0 Å². The van der Waals surface area contributed by atoms with Crippen molar-refractivity contribution in [2.45, 2.75) is 6.10 Å². The molecule has 0 amide bonds. The Hall–Kier alpha value is -2.51. The minimum Gasteiger partial charge on any atom is -0.423 e. The number of β-amino-alcohol motifs (C(OH)–C–C–N with tert-alkyl or cyclic N) is 1. The molecule has 0 aliphatic carbocycles. The largest absolute Gasteiger partial charge is 0.423 e. The summed E-state index contributed by atoms with van der Waals surface area (Å²) in [6.07, 6.45) is -0.860. The summed E-state index contributed by atoms with van der Waals surface area (Å²) in [5.41, 5.74) is 1.97. The molecule has 0 saturated carbocycles. The Kier molecular flexibility index (Phi) is 4.57. The van der Waals surface area contributed by atoms with Gasteiger partial charge in [0, 0.05) is 32.7 Å². The van der Waals surface area contributed by atoms with E-state index in [1.54, 1.807) is 0 Å². The molecular weight excluding hydrogens is 340 g/mol.